The van der Waals surface area contributed by atoms with Crippen molar-refractivity contribution in [1.82, 2.24) is 25.2 Å². The molecule has 0 aromatic carbocycles. The maximum absolute atomic E-state index is 5.58. The summed E-state index contributed by atoms with van der Waals surface area (Å²) in [6.07, 6.45) is 8.82. The molecule has 2 N–H and O–H groups in total. The Labute approximate surface area is 162 Å². The molecule has 2 rings (SSSR count). The predicted octanol–water partition coefficient (Wildman–Crippen LogP) is 2.84. The number of nitrogens with one attached hydrogen (secondary N) is 2. The maximum atomic E-state index is 5.58. The summed E-state index contributed by atoms with van der Waals surface area (Å²) in [4.78, 5) is 13.4. The van der Waals surface area contributed by atoms with E-state index in [0.717, 1.165) is 62.3 Å². The quantitative estimate of drug-likeness (QED) is 0.360. The molecule has 27 heavy (non-hydrogen) atoms. The van der Waals surface area contributed by atoms with Gasteiger partial charge in [0.05, 0.1) is 6.54 Å². The van der Waals surface area contributed by atoms with Crippen LogP contribution < -0.4 is 10.6 Å². The van der Waals surface area contributed by atoms with Crippen LogP contribution in [0, 0.1) is 6.92 Å². The van der Waals surface area contributed by atoms with E-state index in [1.165, 1.54) is 6.42 Å². The first kappa shape index (κ1) is 20.9. The molecule has 0 aliphatic rings. The van der Waals surface area contributed by atoms with E-state index in [0.29, 0.717) is 6.54 Å². The monoisotopic (exact) mass is 372 g/mol. The Hall–Kier alpha value is -2.41. The number of aromatic nitrogens is 3. The first-order valence-electron chi connectivity index (χ1n) is 9.79. The molecule has 7 heteroatoms. The lowest BCUT2D eigenvalue weighted by atomic mass is 10.3. The van der Waals surface area contributed by atoms with Crippen molar-refractivity contribution in [3.63, 3.8) is 0 Å². The number of hydrogen-bond donors (Lipinski definition) is 2. The minimum absolute atomic E-state index is 0.582. The van der Waals surface area contributed by atoms with Gasteiger partial charge < -0.3 is 15.4 Å². The van der Waals surface area contributed by atoms with Gasteiger partial charge in [-0.2, -0.15) is 0 Å². The summed E-state index contributed by atoms with van der Waals surface area (Å²) in [5.74, 6) is 2.61. The molecule has 0 aliphatic carbocycles. The van der Waals surface area contributed by atoms with Crippen LogP contribution in [0.4, 0.5) is 0 Å². The topological polar surface area (TPSA) is 76.4 Å². The van der Waals surface area contributed by atoms with Gasteiger partial charge in [-0.25, -0.2) is 15.0 Å². The molecule has 0 spiro atoms. The van der Waals surface area contributed by atoms with Crippen LogP contribution in [0.2, 0.25) is 0 Å². The van der Waals surface area contributed by atoms with Crippen LogP contribution in [0.25, 0.3) is 5.82 Å². The molecule has 2 aromatic heterocycles. The average Bonchev–Trinajstić information content (AvgIpc) is 3.11. The lowest BCUT2D eigenvalue weighted by molar-refractivity contribution is 0.129. The van der Waals surface area contributed by atoms with Gasteiger partial charge >= 0.3 is 0 Å². The van der Waals surface area contributed by atoms with Crippen molar-refractivity contribution in [3.05, 3.63) is 42.1 Å². The van der Waals surface area contributed by atoms with E-state index in [4.69, 9.17) is 4.74 Å². The van der Waals surface area contributed by atoms with Crippen molar-refractivity contribution in [3.8, 4) is 5.82 Å². The molecule has 148 valence electrons. The maximum Gasteiger partial charge on any atom is 0.191 e. The van der Waals surface area contributed by atoms with Gasteiger partial charge in [0.1, 0.15) is 11.6 Å². The second kappa shape index (κ2) is 12.1. The summed E-state index contributed by atoms with van der Waals surface area (Å²) in [7, 11) is 0. The second-order valence-electron chi connectivity index (χ2n) is 6.31. The zero-order valence-corrected chi connectivity index (χ0v) is 16.7. The van der Waals surface area contributed by atoms with Crippen molar-refractivity contribution < 1.29 is 4.74 Å². The fourth-order valence-corrected chi connectivity index (χ4v) is 2.51. The van der Waals surface area contributed by atoms with Gasteiger partial charge in [0.2, 0.25) is 0 Å². The zero-order valence-electron chi connectivity index (χ0n) is 16.7. The molecule has 7 nitrogen and oxygen atoms in total. The lowest BCUT2D eigenvalue weighted by Gasteiger charge is -2.11. The summed E-state index contributed by atoms with van der Waals surface area (Å²) in [5, 5.41) is 6.62. The molecule has 2 heterocycles. The Bertz CT molecular complexity index is 680. The highest BCUT2D eigenvalue weighted by molar-refractivity contribution is 5.79. The fraction of sp³-hybridized carbons (Fsp3) is 0.550. The highest BCUT2D eigenvalue weighted by atomic mass is 16.5. The summed E-state index contributed by atoms with van der Waals surface area (Å²) in [6, 6.07) is 4.05. The standard InChI is InChI=1S/C20H32N6O/c1-4-6-13-27-14-7-10-23-20(21-5-2)25-16-18-8-9-19(24-15-18)26-12-11-22-17(26)3/h8-9,11-12,15H,4-7,10,13-14,16H2,1-3H3,(H2,21,23,25). The number of hydrogen-bond acceptors (Lipinski definition) is 4. The third-order valence-corrected chi connectivity index (χ3v) is 4.05. The Balaban J connectivity index is 1.80. The van der Waals surface area contributed by atoms with Crippen molar-refractivity contribution in [1.29, 1.82) is 0 Å². The second-order valence-corrected chi connectivity index (χ2v) is 6.31. The number of unbranched alkanes of at least 4 members (excludes halogenated alkanes) is 1. The first-order chi connectivity index (χ1) is 13.2. The number of rotatable bonds is 11. The van der Waals surface area contributed by atoms with Crippen LogP contribution in [0.5, 0.6) is 0 Å². The van der Waals surface area contributed by atoms with Crippen LogP contribution >= 0.6 is 0 Å². The van der Waals surface area contributed by atoms with Gasteiger partial charge in [0.25, 0.3) is 0 Å². The van der Waals surface area contributed by atoms with Crippen LogP contribution in [-0.2, 0) is 11.3 Å². The van der Waals surface area contributed by atoms with E-state index in [1.54, 1.807) is 6.20 Å². The number of ether oxygens (including phenoxy) is 1. The number of pyridine rings is 1. The normalized spacial score (nSPS) is 11.6. The van der Waals surface area contributed by atoms with E-state index in [1.807, 2.05) is 30.0 Å². The first-order valence-corrected chi connectivity index (χ1v) is 9.79. The summed E-state index contributed by atoms with van der Waals surface area (Å²) < 4.78 is 7.54. The van der Waals surface area contributed by atoms with E-state index in [-0.39, 0.29) is 0 Å². The molecule has 0 bridgehead atoms. The predicted molar refractivity (Wildman–Crippen MR) is 109 cm³/mol. The Morgan fingerprint density at radius 3 is 2.67 bits per heavy atom. The largest absolute Gasteiger partial charge is 0.381 e. The molecule has 0 amide bonds. The van der Waals surface area contributed by atoms with E-state index in [9.17, 15) is 0 Å². The fourth-order valence-electron chi connectivity index (χ4n) is 2.51. The summed E-state index contributed by atoms with van der Waals surface area (Å²) in [6.45, 7) is 10.1. The SMILES string of the molecule is CCCCOCCCNC(=NCc1ccc(-n2ccnc2C)nc1)NCC. The molecule has 0 unspecified atom stereocenters. The van der Waals surface area contributed by atoms with Crippen LogP contribution in [0.1, 0.15) is 44.5 Å². The number of imidazole rings is 1. The highest BCUT2D eigenvalue weighted by Crippen LogP contribution is 2.09. The third-order valence-electron chi connectivity index (χ3n) is 4.05. The summed E-state index contributed by atoms with van der Waals surface area (Å²) >= 11 is 0. The van der Waals surface area contributed by atoms with E-state index >= 15 is 0 Å². The Kier molecular flexibility index (Phi) is 9.34. The van der Waals surface area contributed by atoms with Crippen molar-refractivity contribution in [2.75, 3.05) is 26.3 Å². The molecule has 0 saturated carbocycles. The molecule has 2 aromatic rings. The molecule has 0 fully saturated rings. The van der Waals surface area contributed by atoms with Crippen LogP contribution in [-0.4, -0.2) is 46.8 Å². The van der Waals surface area contributed by atoms with Gasteiger partial charge in [-0.05, 0) is 38.3 Å². The molecule has 0 radical (unpaired) electrons. The minimum atomic E-state index is 0.582. The van der Waals surface area contributed by atoms with Crippen LogP contribution in [0.3, 0.4) is 0 Å². The van der Waals surface area contributed by atoms with Gasteiger partial charge in [-0.15, -0.1) is 0 Å². The Morgan fingerprint density at radius 1 is 1.15 bits per heavy atom. The molecule has 0 saturated heterocycles. The van der Waals surface area contributed by atoms with E-state index in [2.05, 4.69) is 45.5 Å². The van der Waals surface area contributed by atoms with Crippen LogP contribution in [0.15, 0.2) is 35.7 Å². The minimum Gasteiger partial charge on any atom is -0.381 e. The highest BCUT2D eigenvalue weighted by Gasteiger charge is 2.02. The number of guanidine groups is 1. The molecule has 0 aliphatic heterocycles. The van der Waals surface area contributed by atoms with E-state index < -0.39 is 0 Å². The smallest absolute Gasteiger partial charge is 0.191 e. The molecular weight excluding hydrogens is 340 g/mol. The van der Waals surface area contributed by atoms with Gasteiger partial charge in [-0.1, -0.05) is 19.4 Å². The average molecular weight is 373 g/mol. The number of aliphatic imine (C=N–C) groups is 1. The van der Waals surface area contributed by atoms with Crippen molar-refractivity contribution >= 4 is 5.96 Å². The molecular formula is C20H32N6O. The van der Waals surface area contributed by atoms with Crippen molar-refractivity contribution in [2.24, 2.45) is 4.99 Å². The van der Waals surface area contributed by atoms with Crippen molar-refractivity contribution in [2.45, 2.75) is 46.6 Å². The number of aryl methyl sites for hydroxylation is 1. The Morgan fingerprint density at radius 2 is 2.00 bits per heavy atom. The van der Waals surface area contributed by atoms with Gasteiger partial charge in [0, 0.05) is 44.9 Å². The third kappa shape index (κ3) is 7.38. The van der Waals surface area contributed by atoms with Gasteiger partial charge in [0.15, 0.2) is 5.96 Å². The zero-order chi connectivity index (χ0) is 19.3. The van der Waals surface area contributed by atoms with Gasteiger partial charge in [-0.3, -0.25) is 4.57 Å². The number of nitrogens with zero attached hydrogens (tertiary/aromatic N) is 4. The summed E-state index contributed by atoms with van der Waals surface area (Å²) in [5.41, 5.74) is 1.07. The molecule has 0 atom stereocenters. The lowest BCUT2D eigenvalue weighted by Crippen LogP contribution is -2.38.